The molecular weight excluding hydrogens is 372 g/mol. The Hall–Kier alpha value is -3.41. The van der Waals surface area contributed by atoms with Crippen LogP contribution in [0.25, 0.3) is 21.9 Å². The van der Waals surface area contributed by atoms with Crippen LogP contribution in [0.2, 0.25) is 0 Å². The molecule has 0 aliphatic heterocycles. The zero-order valence-corrected chi connectivity index (χ0v) is 16.8. The Kier molecular flexibility index (Phi) is 4.42. The molecule has 0 unspecified atom stereocenters. The molecular formula is C23H24O6. The van der Waals surface area contributed by atoms with E-state index in [0.29, 0.717) is 5.56 Å². The lowest BCUT2D eigenvalue weighted by Crippen LogP contribution is -2.18. The molecule has 0 aliphatic rings. The highest BCUT2D eigenvalue weighted by Crippen LogP contribution is 2.46. The van der Waals surface area contributed by atoms with Crippen molar-refractivity contribution in [2.75, 3.05) is 0 Å². The largest absolute Gasteiger partial charge is 0.507 e. The third-order valence-corrected chi connectivity index (χ3v) is 5.50. The Balaban J connectivity index is 2.65. The van der Waals surface area contributed by atoms with Gasteiger partial charge in [0.05, 0.1) is 5.39 Å². The van der Waals surface area contributed by atoms with Gasteiger partial charge in [-0.3, -0.25) is 4.79 Å². The van der Waals surface area contributed by atoms with E-state index in [1.54, 1.807) is 39.8 Å². The second kappa shape index (κ2) is 6.30. The van der Waals surface area contributed by atoms with E-state index in [2.05, 4.69) is 13.2 Å². The van der Waals surface area contributed by atoms with Crippen LogP contribution >= 0.6 is 0 Å². The van der Waals surface area contributed by atoms with Gasteiger partial charge in [-0.2, -0.15) is 0 Å². The summed E-state index contributed by atoms with van der Waals surface area (Å²) in [5.41, 5.74) is -2.01. The Morgan fingerprint density at radius 1 is 0.862 bits per heavy atom. The Morgan fingerprint density at radius 2 is 1.45 bits per heavy atom. The first kappa shape index (κ1) is 20.3. The first-order valence-corrected chi connectivity index (χ1v) is 9.06. The van der Waals surface area contributed by atoms with Gasteiger partial charge in [-0.15, -0.1) is 13.2 Å². The molecule has 0 atom stereocenters. The standard InChI is InChI=1S/C23H24O6/c1-7-22(3,4)11-9-13(25)18(26)21-15(11)19(27)16-14(29-21)10-12(24)17(20(16)28)23(5,6)8-2/h7-10,24-26,28H,1-2H2,3-6H3. The number of benzene rings is 2. The topological polar surface area (TPSA) is 111 Å². The van der Waals surface area contributed by atoms with Crippen LogP contribution in [-0.2, 0) is 10.8 Å². The third-order valence-electron chi connectivity index (χ3n) is 5.50. The van der Waals surface area contributed by atoms with Crippen LogP contribution < -0.4 is 5.43 Å². The van der Waals surface area contributed by atoms with Crippen molar-refractivity contribution >= 4 is 21.9 Å². The Labute approximate surface area is 167 Å². The van der Waals surface area contributed by atoms with Gasteiger partial charge in [-0.1, -0.05) is 39.8 Å². The minimum atomic E-state index is -0.829. The fraction of sp³-hybridized carbons (Fsp3) is 0.261. The molecule has 0 fully saturated rings. The van der Waals surface area contributed by atoms with Gasteiger partial charge in [0.2, 0.25) is 11.2 Å². The molecule has 6 nitrogen and oxygen atoms in total. The Morgan fingerprint density at radius 3 is 2.00 bits per heavy atom. The zero-order chi connectivity index (χ0) is 21.9. The monoisotopic (exact) mass is 396 g/mol. The van der Waals surface area contributed by atoms with E-state index in [-0.39, 0.29) is 33.3 Å². The van der Waals surface area contributed by atoms with Crippen LogP contribution in [0.4, 0.5) is 0 Å². The molecule has 6 heteroatoms. The summed E-state index contributed by atoms with van der Waals surface area (Å²) in [6.45, 7) is 14.6. The highest BCUT2D eigenvalue weighted by Gasteiger charge is 2.31. The average Bonchev–Trinajstić information content (AvgIpc) is 2.64. The Bertz CT molecular complexity index is 1240. The molecule has 0 spiro atoms. The van der Waals surface area contributed by atoms with Crippen LogP contribution in [0.5, 0.6) is 23.0 Å². The van der Waals surface area contributed by atoms with Crippen LogP contribution in [0.15, 0.2) is 46.7 Å². The van der Waals surface area contributed by atoms with Crippen LogP contribution in [0, 0.1) is 0 Å². The lowest BCUT2D eigenvalue weighted by Gasteiger charge is -2.25. The van der Waals surface area contributed by atoms with E-state index >= 15 is 0 Å². The van der Waals surface area contributed by atoms with Crippen molar-refractivity contribution in [3.05, 3.63) is 58.8 Å². The molecule has 0 aliphatic carbocycles. The van der Waals surface area contributed by atoms with Crippen LogP contribution in [-0.4, -0.2) is 20.4 Å². The number of rotatable bonds is 4. The van der Waals surface area contributed by atoms with E-state index < -0.39 is 33.5 Å². The lowest BCUT2D eigenvalue weighted by molar-refractivity contribution is 0.399. The summed E-state index contributed by atoms with van der Waals surface area (Å²) < 4.78 is 5.69. The fourth-order valence-electron chi connectivity index (χ4n) is 3.48. The number of hydrogen-bond donors (Lipinski definition) is 4. The van der Waals surface area contributed by atoms with Crippen molar-refractivity contribution < 1.29 is 24.8 Å². The summed E-state index contributed by atoms with van der Waals surface area (Å²) in [7, 11) is 0. The van der Waals surface area contributed by atoms with Crippen LogP contribution in [0.1, 0.15) is 38.8 Å². The molecule has 3 aromatic rings. The van der Waals surface area contributed by atoms with E-state index in [1.165, 1.54) is 12.1 Å². The number of phenolic OH excluding ortho intramolecular Hbond substituents is 4. The molecule has 152 valence electrons. The molecule has 0 amide bonds. The highest BCUT2D eigenvalue weighted by atomic mass is 16.4. The summed E-state index contributed by atoms with van der Waals surface area (Å²) in [5, 5.41) is 41.7. The maximum Gasteiger partial charge on any atom is 0.204 e. The van der Waals surface area contributed by atoms with Gasteiger partial charge >= 0.3 is 0 Å². The van der Waals surface area contributed by atoms with E-state index in [0.717, 1.165) is 0 Å². The predicted octanol–water partition coefficient (Wildman–Crippen LogP) is 4.70. The van der Waals surface area contributed by atoms with Gasteiger partial charge in [0.1, 0.15) is 22.5 Å². The molecule has 2 aromatic carbocycles. The molecule has 29 heavy (non-hydrogen) atoms. The first-order valence-electron chi connectivity index (χ1n) is 9.06. The molecule has 1 aromatic heterocycles. The molecule has 0 saturated heterocycles. The summed E-state index contributed by atoms with van der Waals surface area (Å²) >= 11 is 0. The second-order valence-electron chi connectivity index (χ2n) is 8.27. The van der Waals surface area contributed by atoms with Gasteiger partial charge < -0.3 is 24.8 Å². The molecule has 4 N–H and O–H groups in total. The maximum atomic E-state index is 13.5. The van der Waals surface area contributed by atoms with Crippen molar-refractivity contribution in [1.29, 1.82) is 0 Å². The van der Waals surface area contributed by atoms with Gasteiger partial charge in [-0.05, 0) is 11.6 Å². The van der Waals surface area contributed by atoms with Crippen molar-refractivity contribution in [3.63, 3.8) is 0 Å². The third kappa shape index (κ3) is 2.83. The number of allylic oxidation sites excluding steroid dienone is 2. The van der Waals surface area contributed by atoms with Crippen molar-refractivity contribution in [2.24, 2.45) is 0 Å². The SMILES string of the molecule is C=CC(C)(C)c1c(O)cc2oc3c(O)c(O)cc(C(C)(C)C=C)c3c(=O)c2c1O. The molecule has 0 radical (unpaired) electrons. The molecule has 3 rings (SSSR count). The van der Waals surface area contributed by atoms with Crippen molar-refractivity contribution in [3.8, 4) is 23.0 Å². The van der Waals surface area contributed by atoms with Gasteiger partial charge in [-0.25, -0.2) is 0 Å². The summed E-state index contributed by atoms with van der Waals surface area (Å²) in [4.78, 5) is 13.5. The summed E-state index contributed by atoms with van der Waals surface area (Å²) in [5.74, 6) is -1.76. The number of aromatic hydroxyl groups is 4. The number of phenols is 4. The number of hydrogen-bond acceptors (Lipinski definition) is 6. The quantitative estimate of drug-likeness (QED) is 0.289. The molecule has 0 saturated carbocycles. The van der Waals surface area contributed by atoms with Crippen molar-refractivity contribution in [2.45, 2.75) is 38.5 Å². The smallest absolute Gasteiger partial charge is 0.204 e. The van der Waals surface area contributed by atoms with Crippen LogP contribution in [0.3, 0.4) is 0 Å². The lowest BCUT2D eigenvalue weighted by atomic mass is 9.81. The average molecular weight is 396 g/mol. The van der Waals surface area contributed by atoms with Crippen molar-refractivity contribution in [1.82, 2.24) is 0 Å². The minimum absolute atomic E-state index is 0.0149. The molecule has 0 bridgehead atoms. The first-order chi connectivity index (χ1) is 13.4. The molecule has 1 heterocycles. The maximum absolute atomic E-state index is 13.5. The number of fused-ring (bicyclic) bond motifs is 2. The predicted molar refractivity (Wildman–Crippen MR) is 113 cm³/mol. The minimum Gasteiger partial charge on any atom is -0.507 e. The van der Waals surface area contributed by atoms with Gasteiger partial charge in [0, 0.05) is 22.5 Å². The van der Waals surface area contributed by atoms with Gasteiger partial charge in [0.15, 0.2) is 11.3 Å². The fourth-order valence-corrected chi connectivity index (χ4v) is 3.48. The van der Waals surface area contributed by atoms with E-state index in [9.17, 15) is 25.2 Å². The normalized spacial score (nSPS) is 12.4. The van der Waals surface area contributed by atoms with E-state index in [4.69, 9.17) is 4.42 Å². The summed E-state index contributed by atoms with van der Waals surface area (Å²) in [6, 6.07) is 2.49. The summed E-state index contributed by atoms with van der Waals surface area (Å²) in [6.07, 6.45) is 3.15. The highest BCUT2D eigenvalue weighted by molar-refractivity contribution is 5.99. The zero-order valence-electron chi connectivity index (χ0n) is 16.8. The van der Waals surface area contributed by atoms with E-state index in [1.807, 2.05) is 0 Å². The van der Waals surface area contributed by atoms with Gasteiger partial charge in [0.25, 0.3) is 0 Å². The second-order valence-corrected chi connectivity index (χ2v) is 8.27.